The van der Waals surface area contributed by atoms with Gasteiger partial charge in [-0.2, -0.15) is 0 Å². The zero-order valence-corrected chi connectivity index (χ0v) is 11.9. The summed E-state index contributed by atoms with van der Waals surface area (Å²) in [7, 11) is -3.02. The molecule has 0 aliphatic carbocycles. The first-order valence-corrected chi connectivity index (χ1v) is 8.00. The second-order valence-electron chi connectivity index (χ2n) is 3.96. The lowest BCUT2D eigenvalue weighted by atomic mass is 10.2. The van der Waals surface area contributed by atoms with E-state index in [4.69, 9.17) is 22.1 Å². The molecule has 0 unspecified atom stereocenters. The maximum Gasteiger partial charge on any atom is 0.153 e. The average Bonchev–Trinajstić information content (AvgIpc) is 2.29. The van der Waals surface area contributed by atoms with Gasteiger partial charge in [-0.25, -0.2) is 8.42 Å². The molecule has 0 bridgehead atoms. The van der Waals surface area contributed by atoms with Gasteiger partial charge in [-0.3, -0.25) is 0 Å². The van der Waals surface area contributed by atoms with Gasteiger partial charge in [0.15, 0.2) is 9.84 Å². The van der Waals surface area contributed by atoms with Crippen molar-refractivity contribution in [3.63, 3.8) is 0 Å². The molecule has 0 fully saturated rings. The maximum absolute atomic E-state index is 11.5. The Morgan fingerprint density at radius 1 is 1.33 bits per heavy atom. The fraction of sp³-hybridized carbons (Fsp3) is 0.500. The minimum Gasteiger partial charge on any atom is -0.492 e. The summed E-state index contributed by atoms with van der Waals surface area (Å²) in [5, 5.41) is 0.540. The molecule has 0 saturated heterocycles. The normalized spacial score (nSPS) is 11.5. The van der Waals surface area contributed by atoms with Crippen molar-refractivity contribution >= 4 is 21.4 Å². The third kappa shape index (κ3) is 4.84. The quantitative estimate of drug-likeness (QED) is 0.834. The number of benzene rings is 1. The zero-order chi connectivity index (χ0) is 13.6. The van der Waals surface area contributed by atoms with Crippen LogP contribution in [0.1, 0.15) is 18.9 Å². The number of sulfone groups is 1. The molecular weight excluding hydrogens is 274 g/mol. The molecule has 0 amide bonds. The molecule has 0 radical (unpaired) electrons. The highest BCUT2D eigenvalue weighted by atomic mass is 35.5. The monoisotopic (exact) mass is 291 g/mol. The highest BCUT2D eigenvalue weighted by Crippen LogP contribution is 2.23. The highest BCUT2D eigenvalue weighted by molar-refractivity contribution is 7.91. The van der Waals surface area contributed by atoms with Gasteiger partial charge in [0.25, 0.3) is 0 Å². The van der Waals surface area contributed by atoms with Crippen molar-refractivity contribution in [2.45, 2.75) is 19.9 Å². The maximum atomic E-state index is 11.5. The van der Waals surface area contributed by atoms with Gasteiger partial charge in [-0.05, 0) is 18.6 Å². The second kappa shape index (κ2) is 6.97. The van der Waals surface area contributed by atoms with E-state index in [1.807, 2.05) is 6.92 Å². The summed E-state index contributed by atoms with van der Waals surface area (Å²) in [6.07, 6.45) is 0.619. The van der Waals surface area contributed by atoms with Gasteiger partial charge in [0.05, 0.1) is 11.5 Å². The van der Waals surface area contributed by atoms with Gasteiger partial charge < -0.3 is 10.5 Å². The fourth-order valence-corrected chi connectivity index (χ4v) is 2.85. The van der Waals surface area contributed by atoms with E-state index in [-0.39, 0.29) is 18.1 Å². The van der Waals surface area contributed by atoms with Crippen molar-refractivity contribution in [1.29, 1.82) is 0 Å². The zero-order valence-electron chi connectivity index (χ0n) is 10.4. The van der Waals surface area contributed by atoms with Crippen LogP contribution in [0, 0.1) is 0 Å². The van der Waals surface area contributed by atoms with Crippen molar-refractivity contribution in [1.82, 2.24) is 0 Å². The van der Waals surface area contributed by atoms with Crippen LogP contribution < -0.4 is 10.5 Å². The first-order valence-electron chi connectivity index (χ1n) is 5.80. The van der Waals surface area contributed by atoms with E-state index in [1.54, 1.807) is 18.2 Å². The smallest absolute Gasteiger partial charge is 0.153 e. The molecule has 0 aliphatic heterocycles. The van der Waals surface area contributed by atoms with Gasteiger partial charge >= 0.3 is 0 Å². The summed E-state index contributed by atoms with van der Waals surface area (Å²) in [5.74, 6) is 0.754. The standard InChI is InChI=1S/C12H18ClNO3S/c1-2-6-18(15,16)7-5-17-12-8-11(13)4-3-10(12)9-14/h3-4,8H,2,5-7,9,14H2,1H3. The van der Waals surface area contributed by atoms with Crippen LogP contribution >= 0.6 is 11.6 Å². The van der Waals surface area contributed by atoms with Crippen LogP contribution in [0.25, 0.3) is 0 Å². The molecule has 4 nitrogen and oxygen atoms in total. The predicted octanol–water partition coefficient (Wildman–Crippen LogP) is 2.00. The van der Waals surface area contributed by atoms with Crippen molar-refractivity contribution in [3.8, 4) is 5.75 Å². The van der Waals surface area contributed by atoms with Crippen LogP contribution in [0.15, 0.2) is 18.2 Å². The molecule has 18 heavy (non-hydrogen) atoms. The van der Waals surface area contributed by atoms with Crippen molar-refractivity contribution in [3.05, 3.63) is 28.8 Å². The second-order valence-corrected chi connectivity index (χ2v) is 6.70. The molecule has 0 aliphatic rings. The topological polar surface area (TPSA) is 69.4 Å². The molecule has 6 heteroatoms. The molecular formula is C12H18ClNO3S. The van der Waals surface area contributed by atoms with Crippen molar-refractivity contribution in [2.24, 2.45) is 5.73 Å². The van der Waals surface area contributed by atoms with Gasteiger partial charge in [-0.1, -0.05) is 24.6 Å². The molecule has 1 rings (SSSR count). The van der Waals surface area contributed by atoms with E-state index >= 15 is 0 Å². The van der Waals surface area contributed by atoms with Gasteiger partial charge in [0.2, 0.25) is 0 Å². The number of nitrogens with two attached hydrogens (primary N) is 1. The Kier molecular flexibility index (Phi) is 5.91. The van der Waals surface area contributed by atoms with E-state index in [0.717, 1.165) is 5.56 Å². The molecule has 102 valence electrons. The van der Waals surface area contributed by atoms with Crippen LogP contribution in [0.5, 0.6) is 5.75 Å². The molecule has 0 atom stereocenters. The van der Waals surface area contributed by atoms with Gasteiger partial charge in [0.1, 0.15) is 12.4 Å². The van der Waals surface area contributed by atoms with E-state index < -0.39 is 9.84 Å². The number of halogens is 1. The highest BCUT2D eigenvalue weighted by Gasteiger charge is 2.10. The Balaban J connectivity index is 2.61. The Morgan fingerprint density at radius 2 is 2.06 bits per heavy atom. The SMILES string of the molecule is CCCS(=O)(=O)CCOc1cc(Cl)ccc1CN. The van der Waals surface area contributed by atoms with E-state index in [1.165, 1.54) is 0 Å². The molecule has 1 aromatic rings. The Morgan fingerprint density at radius 3 is 2.67 bits per heavy atom. The third-order valence-corrected chi connectivity index (χ3v) is 4.47. The predicted molar refractivity (Wildman–Crippen MR) is 73.8 cm³/mol. The summed E-state index contributed by atoms with van der Waals surface area (Å²) in [4.78, 5) is 0. The number of hydrogen-bond donors (Lipinski definition) is 1. The molecule has 0 aromatic heterocycles. The summed E-state index contributed by atoms with van der Waals surface area (Å²) in [5.41, 5.74) is 6.38. The molecule has 0 saturated carbocycles. The van der Waals surface area contributed by atoms with Crippen LogP contribution in [0.3, 0.4) is 0 Å². The largest absolute Gasteiger partial charge is 0.492 e. The molecule has 0 heterocycles. The number of rotatable bonds is 7. The van der Waals surface area contributed by atoms with Crippen LogP contribution in [-0.4, -0.2) is 26.5 Å². The average molecular weight is 292 g/mol. The van der Waals surface area contributed by atoms with Crippen LogP contribution in [0.4, 0.5) is 0 Å². The number of hydrogen-bond acceptors (Lipinski definition) is 4. The first-order chi connectivity index (χ1) is 8.48. The van der Waals surface area contributed by atoms with Crippen molar-refractivity contribution in [2.75, 3.05) is 18.1 Å². The van der Waals surface area contributed by atoms with E-state index in [9.17, 15) is 8.42 Å². The molecule has 0 spiro atoms. The van der Waals surface area contributed by atoms with Crippen molar-refractivity contribution < 1.29 is 13.2 Å². The molecule has 1 aromatic carbocycles. The fourth-order valence-electron chi connectivity index (χ4n) is 1.52. The Labute approximate surface area is 113 Å². The van der Waals surface area contributed by atoms with E-state index in [2.05, 4.69) is 0 Å². The van der Waals surface area contributed by atoms with Gasteiger partial charge in [0, 0.05) is 17.1 Å². The number of ether oxygens (including phenoxy) is 1. The lowest BCUT2D eigenvalue weighted by Gasteiger charge is -2.10. The Hall–Kier alpha value is -0.780. The first kappa shape index (κ1) is 15.3. The Bertz CT molecular complexity index is 488. The summed E-state index contributed by atoms with van der Waals surface area (Å²) < 4.78 is 28.5. The van der Waals surface area contributed by atoms with E-state index in [0.29, 0.717) is 23.7 Å². The minimum atomic E-state index is -3.02. The van der Waals surface area contributed by atoms with Crippen LogP contribution in [0.2, 0.25) is 5.02 Å². The summed E-state index contributed by atoms with van der Waals surface area (Å²) >= 11 is 5.85. The van der Waals surface area contributed by atoms with Gasteiger partial charge in [-0.15, -0.1) is 0 Å². The molecule has 2 N–H and O–H groups in total. The third-order valence-electron chi connectivity index (χ3n) is 2.42. The lowest BCUT2D eigenvalue weighted by Crippen LogP contribution is -2.17. The summed E-state index contributed by atoms with van der Waals surface area (Å²) in [6, 6.07) is 5.15. The summed E-state index contributed by atoms with van der Waals surface area (Å²) in [6.45, 7) is 2.28. The van der Waals surface area contributed by atoms with Crippen LogP contribution in [-0.2, 0) is 16.4 Å². The minimum absolute atomic E-state index is 0.0113. The lowest BCUT2D eigenvalue weighted by molar-refractivity contribution is 0.337.